The van der Waals surface area contributed by atoms with Crippen LogP contribution in [-0.2, 0) is 0 Å². The van der Waals surface area contributed by atoms with E-state index in [9.17, 15) is 0 Å². The highest BCUT2D eigenvalue weighted by Gasteiger charge is 2.16. The molecular weight excluding hydrogens is 174 g/mol. The van der Waals surface area contributed by atoms with E-state index in [1.165, 1.54) is 0 Å². The minimum Gasteiger partial charge on any atom is -0.486 e. The van der Waals surface area contributed by atoms with Gasteiger partial charge in [0, 0.05) is 5.56 Å². The number of allylic oxidation sites excluding steroid dienone is 1. The van der Waals surface area contributed by atoms with E-state index in [1.807, 2.05) is 25.1 Å². The van der Waals surface area contributed by atoms with Gasteiger partial charge in [0.05, 0.1) is 12.2 Å². The van der Waals surface area contributed by atoms with E-state index in [2.05, 4.69) is 24.4 Å². The second kappa shape index (κ2) is 3.74. The average molecular weight is 189 g/mol. The van der Waals surface area contributed by atoms with Crippen molar-refractivity contribution >= 4 is 11.8 Å². The minimum atomic E-state index is 0.244. The zero-order valence-electron chi connectivity index (χ0n) is 8.58. The van der Waals surface area contributed by atoms with Gasteiger partial charge in [-0.2, -0.15) is 0 Å². The molecular formula is C12H15NO. The molecule has 1 aromatic carbocycles. The number of ether oxygens (including phenoxy) is 1. The Morgan fingerprint density at radius 3 is 3.14 bits per heavy atom. The third-order valence-electron chi connectivity index (χ3n) is 2.29. The molecule has 2 nitrogen and oxygen atoms in total. The Morgan fingerprint density at radius 1 is 1.50 bits per heavy atom. The molecule has 74 valence electrons. The summed E-state index contributed by atoms with van der Waals surface area (Å²) in [6.07, 6.45) is 4.34. The fourth-order valence-corrected chi connectivity index (χ4v) is 1.63. The van der Waals surface area contributed by atoms with Crippen molar-refractivity contribution < 1.29 is 4.74 Å². The Hall–Kier alpha value is -1.44. The van der Waals surface area contributed by atoms with E-state index < -0.39 is 0 Å². The fraction of sp³-hybridized carbons (Fsp3) is 0.333. The number of hydrogen-bond donors (Lipinski definition) is 1. The second-order valence-electron chi connectivity index (χ2n) is 3.53. The second-order valence-corrected chi connectivity index (χ2v) is 3.53. The monoisotopic (exact) mass is 189 g/mol. The molecule has 0 amide bonds. The van der Waals surface area contributed by atoms with Gasteiger partial charge in [0.25, 0.3) is 0 Å². The first-order chi connectivity index (χ1) is 6.81. The predicted molar refractivity (Wildman–Crippen MR) is 59.7 cm³/mol. The Bertz CT molecular complexity index is 357. The zero-order valence-corrected chi connectivity index (χ0v) is 8.58. The van der Waals surface area contributed by atoms with Gasteiger partial charge in [0.1, 0.15) is 11.9 Å². The lowest BCUT2D eigenvalue weighted by Gasteiger charge is -2.26. The van der Waals surface area contributed by atoms with Gasteiger partial charge in [-0.1, -0.05) is 24.3 Å². The number of rotatable bonds is 1. The summed E-state index contributed by atoms with van der Waals surface area (Å²) in [5, 5.41) is 3.35. The maximum Gasteiger partial charge on any atom is 0.150 e. The van der Waals surface area contributed by atoms with Crippen molar-refractivity contribution in [1.29, 1.82) is 0 Å². The lowest BCUT2D eigenvalue weighted by Crippen LogP contribution is -2.28. The molecule has 2 rings (SSSR count). The summed E-state index contributed by atoms with van der Waals surface area (Å²) in [6.45, 7) is 4.97. The number of hydrogen-bond acceptors (Lipinski definition) is 2. The van der Waals surface area contributed by atoms with Crippen LogP contribution in [0.5, 0.6) is 5.75 Å². The molecule has 0 saturated heterocycles. The Kier molecular flexibility index (Phi) is 2.44. The van der Waals surface area contributed by atoms with Crippen molar-refractivity contribution in [3.05, 3.63) is 29.8 Å². The maximum absolute atomic E-state index is 5.80. The van der Waals surface area contributed by atoms with Crippen LogP contribution in [0.25, 0.3) is 6.08 Å². The lowest BCUT2D eigenvalue weighted by molar-refractivity contribution is 0.225. The molecule has 1 aromatic rings. The lowest BCUT2D eigenvalue weighted by atomic mass is 10.1. The van der Waals surface area contributed by atoms with Crippen molar-refractivity contribution in [2.75, 3.05) is 11.9 Å². The van der Waals surface area contributed by atoms with Crippen LogP contribution in [-0.4, -0.2) is 12.6 Å². The topological polar surface area (TPSA) is 21.3 Å². The van der Waals surface area contributed by atoms with Gasteiger partial charge in [-0.3, -0.25) is 0 Å². The van der Waals surface area contributed by atoms with Gasteiger partial charge in [0.15, 0.2) is 0 Å². The molecule has 0 aromatic heterocycles. The smallest absolute Gasteiger partial charge is 0.150 e. The number of fused-ring (bicyclic) bond motifs is 1. The summed E-state index contributed by atoms with van der Waals surface area (Å²) in [5.41, 5.74) is 2.24. The van der Waals surface area contributed by atoms with Crippen LogP contribution < -0.4 is 10.1 Å². The van der Waals surface area contributed by atoms with E-state index in [1.54, 1.807) is 0 Å². The molecule has 0 radical (unpaired) electrons. The van der Waals surface area contributed by atoms with Crippen molar-refractivity contribution in [2.45, 2.75) is 20.0 Å². The number of benzene rings is 1. The molecule has 0 aliphatic carbocycles. The molecule has 0 spiro atoms. The van der Waals surface area contributed by atoms with Gasteiger partial charge in [-0.25, -0.2) is 0 Å². The third-order valence-corrected chi connectivity index (χ3v) is 2.29. The maximum atomic E-state index is 5.80. The summed E-state index contributed by atoms with van der Waals surface area (Å²) >= 11 is 0. The van der Waals surface area contributed by atoms with Crippen molar-refractivity contribution in [1.82, 2.24) is 0 Å². The SMILES string of the molecule is C/C=C/c1cccc2c1OC(C)CN2. The molecule has 0 saturated carbocycles. The molecule has 1 heterocycles. The number of para-hydroxylation sites is 1. The molecule has 1 unspecified atom stereocenters. The van der Waals surface area contributed by atoms with E-state index in [0.29, 0.717) is 0 Å². The quantitative estimate of drug-likeness (QED) is 0.733. The first kappa shape index (κ1) is 9.13. The Labute approximate surface area is 84.6 Å². The van der Waals surface area contributed by atoms with Crippen LogP contribution in [0.4, 0.5) is 5.69 Å². The van der Waals surface area contributed by atoms with Gasteiger partial charge in [0.2, 0.25) is 0 Å². The van der Waals surface area contributed by atoms with Gasteiger partial charge < -0.3 is 10.1 Å². The zero-order chi connectivity index (χ0) is 9.97. The highest BCUT2D eigenvalue weighted by atomic mass is 16.5. The van der Waals surface area contributed by atoms with Crippen LogP contribution >= 0.6 is 0 Å². The highest BCUT2D eigenvalue weighted by Crippen LogP contribution is 2.33. The molecule has 1 aliphatic heterocycles. The molecule has 0 bridgehead atoms. The normalized spacial score (nSPS) is 20.0. The first-order valence-corrected chi connectivity index (χ1v) is 4.97. The first-order valence-electron chi connectivity index (χ1n) is 4.97. The van der Waals surface area contributed by atoms with Crippen LogP contribution in [0.3, 0.4) is 0 Å². The largest absolute Gasteiger partial charge is 0.486 e. The number of anilines is 1. The Balaban J connectivity index is 2.43. The summed E-state index contributed by atoms with van der Waals surface area (Å²) in [7, 11) is 0. The van der Waals surface area contributed by atoms with Gasteiger partial charge >= 0.3 is 0 Å². The summed E-state index contributed by atoms with van der Waals surface area (Å²) < 4.78 is 5.80. The van der Waals surface area contributed by atoms with Crippen LogP contribution in [0.2, 0.25) is 0 Å². The van der Waals surface area contributed by atoms with Gasteiger partial charge in [-0.15, -0.1) is 0 Å². The van der Waals surface area contributed by atoms with Crippen molar-refractivity contribution in [3.8, 4) is 5.75 Å². The minimum absolute atomic E-state index is 0.244. The van der Waals surface area contributed by atoms with E-state index in [-0.39, 0.29) is 6.10 Å². The van der Waals surface area contributed by atoms with E-state index in [0.717, 1.165) is 23.5 Å². The van der Waals surface area contributed by atoms with Crippen molar-refractivity contribution in [2.24, 2.45) is 0 Å². The predicted octanol–water partition coefficient (Wildman–Crippen LogP) is 2.91. The van der Waals surface area contributed by atoms with E-state index in [4.69, 9.17) is 4.74 Å². The number of nitrogens with one attached hydrogen (secondary N) is 1. The summed E-state index contributed by atoms with van der Waals surface area (Å²) in [6, 6.07) is 6.16. The Morgan fingerprint density at radius 2 is 2.36 bits per heavy atom. The molecule has 1 N–H and O–H groups in total. The molecule has 0 fully saturated rings. The third kappa shape index (κ3) is 1.60. The van der Waals surface area contributed by atoms with E-state index >= 15 is 0 Å². The van der Waals surface area contributed by atoms with Crippen LogP contribution in [0.15, 0.2) is 24.3 Å². The van der Waals surface area contributed by atoms with Crippen molar-refractivity contribution in [3.63, 3.8) is 0 Å². The fourth-order valence-electron chi connectivity index (χ4n) is 1.63. The summed E-state index contributed by atoms with van der Waals surface area (Å²) in [4.78, 5) is 0. The molecule has 14 heavy (non-hydrogen) atoms. The van der Waals surface area contributed by atoms with Gasteiger partial charge in [-0.05, 0) is 19.9 Å². The summed E-state index contributed by atoms with van der Waals surface area (Å²) in [5.74, 6) is 0.976. The standard InChI is InChI=1S/C12H15NO/c1-3-5-10-6-4-7-11-12(10)14-9(2)8-13-11/h3-7,9,13H,8H2,1-2H3/b5-3+. The van der Waals surface area contributed by atoms with Crippen LogP contribution in [0.1, 0.15) is 19.4 Å². The van der Waals surface area contributed by atoms with Crippen LogP contribution in [0, 0.1) is 0 Å². The molecule has 2 heteroatoms. The molecule has 1 atom stereocenters. The molecule has 1 aliphatic rings. The average Bonchev–Trinajstić information content (AvgIpc) is 2.19. The highest BCUT2D eigenvalue weighted by molar-refractivity contribution is 5.70.